The molecule has 242 valence electrons. The number of hydrazine groups is 1. The number of halogens is 6. The number of carboxylic acid groups (broad SMARTS) is 1. The van der Waals surface area contributed by atoms with Gasteiger partial charge in [-0.3, -0.25) is 4.79 Å². The van der Waals surface area contributed by atoms with Gasteiger partial charge >= 0.3 is 18.3 Å². The van der Waals surface area contributed by atoms with E-state index in [0.717, 1.165) is 52.5 Å². The van der Waals surface area contributed by atoms with Gasteiger partial charge in [-0.05, 0) is 93.2 Å². The Bertz CT molecular complexity index is 1340. The highest BCUT2D eigenvalue weighted by atomic mass is 19.4. The summed E-state index contributed by atoms with van der Waals surface area (Å²) in [6.45, 7) is 4.94. The zero-order valence-electron chi connectivity index (χ0n) is 24.9. The standard InChI is InChI=1S/C30H38F6N6O2/c1-17-11-18(2)27-25(26(17)39-40-41(3)37)24(5-4-10-42(27)16-19-6-8-21(9-7-19)28(43)44)38-15-20-12-22(29(31,32)33)14-23(13-20)30(34,35)36/h11-14,19,21,24,38H,4-10,15-16,37H2,1-3H3,(H,43,44)/t19?,21?,24-/m0/s1. The Morgan fingerprint density at radius 3 is 2.16 bits per heavy atom. The van der Waals surface area contributed by atoms with Gasteiger partial charge < -0.3 is 15.3 Å². The minimum Gasteiger partial charge on any atom is -0.481 e. The van der Waals surface area contributed by atoms with Crippen molar-refractivity contribution in [3.63, 3.8) is 0 Å². The molecular weight excluding hydrogens is 590 g/mol. The average molecular weight is 629 g/mol. The summed E-state index contributed by atoms with van der Waals surface area (Å²) in [5.74, 6) is 4.86. The van der Waals surface area contributed by atoms with Gasteiger partial charge in [0.05, 0.1) is 22.7 Å². The third-order valence-electron chi connectivity index (χ3n) is 8.44. The number of hydrogen-bond acceptors (Lipinski definition) is 6. The van der Waals surface area contributed by atoms with Crippen LogP contribution in [0.4, 0.5) is 37.7 Å². The van der Waals surface area contributed by atoms with Crippen LogP contribution in [0.5, 0.6) is 0 Å². The van der Waals surface area contributed by atoms with Gasteiger partial charge in [-0.2, -0.15) is 26.3 Å². The molecule has 2 aromatic rings. The second kappa shape index (κ2) is 13.3. The molecule has 0 radical (unpaired) electrons. The molecule has 0 amide bonds. The highest BCUT2D eigenvalue weighted by Crippen LogP contribution is 2.45. The SMILES string of the molecule is Cc1cc(C)c2c(c1N=NN(C)N)[C@@H](NCc1cc(C(F)(F)F)cc(C(F)(F)F)c1)CCCN2CC1CCC(C(=O)O)CC1. The zero-order valence-corrected chi connectivity index (χ0v) is 24.9. The van der Waals surface area contributed by atoms with Crippen molar-refractivity contribution in [2.24, 2.45) is 28.0 Å². The molecule has 1 aliphatic carbocycles. The Labute approximate surface area is 252 Å². The molecule has 4 N–H and O–H groups in total. The van der Waals surface area contributed by atoms with Crippen molar-refractivity contribution in [1.29, 1.82) is 0 Å². The number of hydrogen-bond donors (Lipinski definition) is 3. The number of aryl methyl sites for hydroxylation is 2. The number of nitrogens with two attached hydrogens (primary N) is 1. The number of anilines is 1. The first-order valence-electron chi connectivity index (χ1n) is 14.6. The summed E-state index contributed by atoms with van der Waals surface area (Å²) in [5.41, 5.74) is 1.06. The first kappa shape index (κ1) is 33.5. The molecule has 0 unspecified atom stereocenters. The molecule has 8 nitrogen and oxygen atoms in total. The van der Waals surface area contributed by atoms with E-state index in [1.54, 1.807) is 0 Å². The summed E-state index contributed by atoms with van der Waals surface area (Å²) in [5, 5.41) is 22.1. The number of carboxylic acids is 1. The Hall–Kier alpha value is -3.39. The number of alkyl halides is 6. The van der Waals surface area contributed by atoms with E-state index in [0.29, 0.717) is 44.5 Å². The van der Waals surface area contributed by atoms with Crippen LogP contribution in [0.25, 0.3) is 0 Å². The van der Waals surface area contributed by atoms with Crippen molar-refractivity contribution >= 4 is 17.3 Å². The smallest absolute Gasteiger partial charge is 0.416 e. The third-order valence-corrected chi connectivity index (χ3v) is 8.44. The van der Waals surface area contributed by atoms with Gasteiger partial charge in [0.2, 0.25) is 0 Å². The Kier molecular flexibility index (Phi) is 10.1. The molecule has 4 rings (SSSR count). The predicted molar refractivity (Wildman–Crippen MR) is 153 cm³/mol. The van der Waals surface area contributed by atoms with Crippen LogP contribution in [0, 0.1) is 25.7 Å². The first-order chi connectivity index (χ1) is 20.5. The average Bonchev–Trinajstić information content (AvgIpc) is 3.10. The number of nitrogens with zero attached hydrogens (tertiary/aromatic N) is 4. The molecule has 14 heteroatoms. The highest BCUT2D eigenvalue weighted by molar-refractivity contribution is 5.73. The van der Waals surface area contributed by atoms with Crippen LogP contribution in [0.1, 0.15) is 77.9 Å². The normalized spacial score (nSPS) is 21.3. The molecule has 44 heavy (non-hydrogen) atoms. The van der Waals surface area contributed by atoms with Crippen LogP contribution in [0.2, 0.25) is 0 Å². The highest BCUT2D eigenvalue weighted by Gasteiger charge is 2.37. The quantitative estimate of drug-likeness (QED) is 0.121. The molecule has 1 heterocycles. The lowest BCUT2D eigenvalue weighted by atomic mass is 9.81. The van der Waals surface area contributed by atoms with E-state index >= 15 is 0 Å². The summed E-state index contributed by atoms with van der Waals surface area (Å²) < 4.78 is 81.1. The summed E-state index contributed by atoms with van der Waals surface area (Å²) in [4.78, 5) is 13.7. The molecular formula is C30H38F6N6O2. The van der Waals surface area contributed by atoms with Crippen LogP contribution < -0.4 is 16.1 Å². The number of aliphatic carboxylic acids is 1. The van der Waals surface area contributed by atoms with Crippen molar-refractivity contribution in [2.75, 3.05) is 25.0 Å². The fourth-order valence-corrected chi connectivity index (χ4v) is 6.39. The van der Waals surface area contributed by atoms with E-state index in [2.05, 4.69) is 20.6 Å². The fourth-order valence-electron chi connectivity index (χ4n) is 6.39. The number of nitrogens with one attached hydrogen (secondary N) is 1. The maximum Gasteiger partial charge on any atom is 0.416 e. The molecule has 2 aliphatic rings. The molecule has 1 saturated carbocycles. The van der Waals surface area contributed by atoms with Crippen LogP contribution in [-0.2, 0) is 23.7 Å². The lowest BCUT2D eigenvalue weighted by molar-refractivity contribution is -0.144. The lowest BCUT2D eigenvalue weighted by Gasteiger charge is -2.35. The molecule has 1 fully saturated rings. The number of carbonyl (C=O) groups is 1. The first-order valence-corrected chi connectivity index (χ1v) is 14.6. The van der Waals surface area contributed by atoms with E-state index in [-0.39, 0.29) is 30.0 Å². The maximum atomic E-state index is 13.5. The van der Waals surface area contributed by atoms with Crippen LogP contribution in [0.15, 0.2) is 34.6 Å². The summed E-state index contributed by atoms with van der Waals surface area (Å²) in [6.07, 6.45) is -5.87. The van der Waals surface area contributed by atoms with Gasteiger partial charge in [0.25, 0.3) is 0 Å². The van der Waals surface area contributed by atoms with Gasteiger partial charge in [-0.1, -0.05) is 11.3 Å². The third kappa shape index (κ3) is 8.00. The largest absolute Gasteiger partial charge is 0.481 e. The van der Waals surface area contributed by atoms with Gasteiger partial charge in [-0.15, -0.1) is 5.11 Å². The topological polar surface area (TPSA) is 107 Å². The molecule has 1 aliphatic heterocycles. The summed E-state index contributed by atoms with van der Waals surface area (Å²) in [6, 6.07) is 3.12. The van der Waals surface area contributed by atoms with Gasteiger partial charge in [0.15, 0.2) is 0 Å². The second-order valence-electron chi connectivity index (χ2n) is 11.9. The minimum absolute atomic E-state index is 0.126. The van der Waals surface area contributed by atoms with E-state index in [4.69, 9.17) is 5.84 Å². The summed E-state index contributed by atoms with van der Waals surface area (Å²) in [7, 11) is 1.51. The number of fused-ring (bicyclic) bond motifs is 1. The Morgan fingerprint density at radius 1 is 1.00 bits per heavy atom. The molecule has 0 saturated heterocycles. The monoisotopic (exact) mass is 628 g/mol. The van der Waals surface area contributed by atoms with E-state index in [1.165, 1.54) is 7.05 Å². The van der Waals surface area contributed by atoms with Crippen molar-refractivity contribution in [2.45, 2.75) is 77.3 Å². The Morgan fingerprint density at radius 2 is 1.61 bits per heavy atom. The zero-order chi connectivity index (χ0) is 32.4. The van der Waals surface area contributed by atoms with E-state index < -0.39 is 35.5 Å². The van der Waals surface area contributed by atoms with Crippen LogP contribution >= 0.6 is 0 Å². The van der Waals surface area contributed by atoms with Crippen molar-refractivity contribution < 1.29 is 36.2 Å². The molecule has 0 spiro atoms. The van der Waals surface area contributed by atoms with Crippen LogP contribution in [0.3, 0.4) is 0 Å². The number of rotatable bonds is 8. The molecule has 1 atom stereocenters. The van der Waals surface area contributed by atoms with Gasteiger partial charge in [0.1, 0.15) is 0 Å². The van der Waals surface area contributed by atoms with Crippen LogP contribution in [-0.4, -0.2) is 36.3 Å². The fraction of sp³-hybridized carbons (Fsp3) is 0.567. The van der Waals surface area contributed by atoms with E-state index in [9.17, 15) is 36.2 Å². The van der Waals surface area contributed by atoms with Crippen molar-refractivity contribution in [3.8, 4) is 0 Å². The van der Waals surface area contributed by atoms with Crippen molar-refractivity contribution in [1.82, 2.24) is 10.4 Å². The lowest BCUT2D eigenvalue weighted by Crippen LogP contribution is -2.34. The minimum atomic E-state index is -4.94. The molecule has 2 aromatic carbocycles. The van der Waals surface area contributed by atoms with Gasteiger partial charge in [0, 0.05) is 44.0 Å². The van der Waals surface area contributed by atoms with Crippen molar-refractivity contribution in [3.05, 3.63) is 57.6 Å². The second-order valence-corrected chi connectivity index (χ2v) is 11.9. The predicted octanol–water partition coefficient (Wildman–Crippen LogP) is 7.47. The summed E-state index contributed by atoms with van der Waals surface area (Å²) >= 11 is 0. The number of benzene rings is 2. The van der Waals surface area contributed by atoms with E-state index in [1.807, 2.05) is 19.9 Å². The Balaban J connectivity index is 1.71. The maximum absolute atomic E-state index is 13.5. The molecule has 0 aromatic heterocycles. The molecule has 0 bridgehead atoms. The van der Waals surface area contributed by atoms with Gasteiger partial charge in [-0.25, -0.2) is 11.0 Å².